The minimum Gasteiger partial charge on any atom is -0.494 e. The number of carbonyl (C=O) groups excluding carboxylic acids is 1. The molecule has 25 heavy (non-hydrogen) atoms. The van der Waals surface area contributed by atoms with E-state index < -0.39 is 11.5 Å². The van der Waals surface area contributed by atoms with Crippen LogP contribution in [0.4, 0.5) is 11.6 Å². The minimum absolute atomic E-state index is 0.161. The zero-order valence-corrected chi connectivity index (χ0v) is 14.4. The Kier molecular flexibility index (Phi) is 4.97. The summed E-state index contributed by atoms with van der Waals surface area (Å²) in [5.74, 6) is 0.757. The van der Waals surface area contributed by atoms with Crippen LogP contribution in [0.5, 0.6) is 5.75 Å². The van der Waals surface area contributed by atoms with Gasteiger partial charge in [0, 0.05) is 25.3 Å². The fourth-order valence-electron chi connectivity index (χ4n) is 2.71. The molecule has 2 aromatic rings. The number of anilines is 2. The minimum atomic E-state index is -0.478. The molecule has 132 valence electrons. The third-order valence-electron chi connectivity index (χ3n) is 3.93. The van der Waals surface area contributed by atoms with Crippen LogP contribution < -0.4 is 20.5 Å². The van der Waals surface area contributed by atoms with E-state index in [2.05, 4.69) is 15.5 Å². The van der Waals surface area contributed by atoms with Gasteiger partial charge in [0.25, 0.3) is 11.5 Å². The molecule has 0 fully saturated rings. The summed E-state index contributed by atoms with van der Waals surface area (Å²) in [5, 5.41) is 10.6. The first-order valence-electron chi connectivity index (χ1n) is 8.41. The van der Waals surface area contributed by atoms with Crippen molar-refractivity contribution in [3.8, 4) is 5.75 Å². The average Bonchev–Trinajstić information content (AvgIpc) is 3.06. The monoisotopic (exact) mass is 343 g/mol. The van der Waals surface area contributed by atoms with Gasteiger partial charge in [-0.05, 0) is 37.6 Å². The van der Waals surface area contributed by atoms with E-state index in [0.717, 1.165) is 17.9 Å². The summed E-state index contributed by atoms with van der Waals surface area (Å²) in [6.45, 7) is 6.04. The van der Waals surface area contributed by atoms with Gasteiger partial charge in [0.2, 0.25) is 11.6 Å². The van der Waals surface area contributed by atoms with Gasteiger partial charge >= 0.3 is 0 Å². The van der Waals surface area contributed by atoms with E-state index in [1.165, 1.54) is 4.57 Å². The van der Waals surface area contributed by atoms with Gasteiger partial charge < -0.3 is 15.0 Å². The molecule has 0 atom stereocenters. The first-order chi connectivity index (χ1) is 12.2. The Labute approximate surface area is 145 Å². The summed E-state index contributed by atoms with van der Waals surface area (Å²) >= 11 is 0. The first-order valence-corrected chi connectivity index (χ1v) is 8.41. The third-order valence-corrected chi connectivity index (χ3v) is 3.93. The number of nitrogens with zero attached hydrogens (tertiary/aromatic N) is 4. The van der Waals surface area contributed by atoms with Crippen LogP contribution in [-0.2, 0) is 6.54 Å². The number of benzene rings is 1. The van der Waals surface area contributed by atoms with Crippen LogP contribution in [0, 0.1) is 0 Å². The lowest BCUT2D eigenvalue weighted by Gasteiger charge is -2.17. The molecule has 1 aromatic carbocycles. The number of carbonyl (C=O) groups is 1. The maximum absolute atomic E-state index is 12.5. The molecule has 3 rings (SSSR count). The highest BCUT2D eigenvalue weighted by molar-refractivity contribution is 5.91. The molecule has 1 aliphatic rings. The molecule has 0 unspecified atom stereocenters. The Hall–Kier alpha value is -2.90. The number of fused-ring (bicyclic) bond motifs is 1. The van der Waals surface area contributed by atoms with E-state index in [9.17, 15) is 9.59 Å². The molecule has 0 saturated carbocycles. The number of rotatable bonds is 6. The lowest BCUT2D eigenvalue weighted by atomic mass is 10.3. The Balaban J connectivity index is 1.87. The second kappa shape index (κ2) is 7.33. The molecule has 0 aliphatic carbocycles. The standard InChI is InChI=1S/C17H21N5O3/c1-3-9-18-15(23)14-16(24)22-11-10-21(17(22)20-19-14)12-5-7-13(8-6-12)25-4-2/h5-8H,3-4,9-11H2,1-2H3,(H,18,23). The number of hydrogen-bond acceptors (Lipinski definition) is 6. The maximum atomic E-state index is 12.5. The molecule has 8 nitrogen and oxygen atoms in total. The van der Waals surface area contributed by atoms with Crippen LogP contribution in [0.2, 0.25) is 0 Å². The lowest BCUT2D eigenvalue weighted by Crippen LogP contribution is -2.35. The number of nitrogens with one attached hydrogen (secondary N) is 1. The van der Waals surface area contributed by atoms with Crippen LogP contribution in [-0.4, -0.2) is 40.4 Å². The highest BCUT2D eigenvalue weighted by Crippen LogP contribution is 2.28. The van der Waals surface area contributed by atoms with Crippen molar-refractivity contribution in [1.82, 2.24) is 20.1 Å². The highest BCUT2D eigenvalue weighted by Gasteiger charge is 2.27. The summed E-state index contributed by atoms with van der Waals surface area (Å²) in [7, 11) is 0. The van der Waals surface area contributed by atoms with Crippen molar-refractivity contribution in [1.29, 1.82) is 0 Å². The topological polar surface area (TPSA) is 89.3 Å². The number of hydrogen-bond donors (Lipinski definition) is 1. The van der Waals surface area contributed by atoms with Crippen LogP contribution in [0.15, 0.2) is 29.1 Å². The molecular formula is C17H21N5O3. The van der Waals surface area contributed by atoms with E-state index >= 15 is 0 Å². The first kappa shape index (κ1) is 16.9. The number of ether oxygens (including phenoxy) is 1. The molecule has 1 amide bonds. The average molecular weight is 343 g/mol. The SMILES string of the molecule is CCCNC(=O)c1nnc2n(c1=O)CCN2c1ccc(OCC)cc1. The van der Waals surface area contributed by atoms with Gasteiger partial charge in [-0.3, -0.25) is 14.2 Å². The quantitative estimate of drug-likeness (QED) is 0.851. The maximum Gasteiger partial charge on any atom is 0.286 e. The summed E-state index contributed by atoms with van der Waals surface area (Å²) in [6.07, 6.45) is 0.789. The van der Waals surface area contributed by atoms with Gasteiger partial charge in [0.1, 0.15) is 5.75 Å². The molecule has 0 bridgehead atoms. The smallest absolute Gasteiger partial charge is 0.286 e. The van der Waals surface area contributed by atoms with Crippen LogP contribution in [0.1, 0.15) is 30.8 Å². The van der Waals surface area contributed by atoms with E-state index in [-0.39, 0.29) is 5.69 Å². The van der Waals surface area contributed by atoms with Crippen LogP contribution >= 0.6 is 0 Å². The number of aromatic nitrogens is 3. The van der Waals surface area contributed by atoms with Crippen molar-refractivity contribution in [3.63, 3.8) is 0 Å². The predicted molar refractivity (Wildman–Crippen MR) is 93.5 cm³/mol. The molecule has 0 saturated heterocycles. The molecular weight excluding hydrogens is 322 g/mol. The Morgan fingerprint density at radius 3 is 2.64 bits per heavy atom. The van der Waals surface area contributed by atoms with Crippen molar-refractivity contribution < 1.29 is 9.53 Å². The molecule has 0 radical (unpaired) electrons. The number of amides is 1. The zero-order valence-electron chi connectivity index (χ0n) is 14.4. The molecule has 0 spiro atoms. The van der Waals surface area contributed by atoms with E-state index in [1.807, 2.05) is 43.0 Å². The van der Waals surface area contributed by atoms with Crippen molar-refractivity contribution >= 4 is 17.5 Å². The summed E-state index contributed by atoms with van der Waals surface area (Å²) in [6, 6.07) is 7.57. The molecule has 1 N–H and O–H groups in total. The lowest BCUT2D eigenvalue weighted by molar-refractivity contribution is 0.0945. The van der Waals surface area contributed by atoms with Gasteiger partial charge in [0.05, 0.1) is 6.61 Å². The summed E-state index contributed by atoms with van der Waals surface area (Å²) in [5.41, 5.74) is 0.323. The fraction of sp³-hybridized carbons (Fsp3) is 0.412. The largest absolute Gasteiger partial charge is 0.494 e. The van der Waals surface area contributed by atoms with Crippen molar-refractivity contribution in [2.45, 2.75) is 26.8 Å². The fourth-order valence-corrected chi connectivity index (χ4v) is 2.71. The van der Waals surface area contributed by atoms with Gasteiger partial charge in [-0.2, -0.15) is 0 Å². The molecule has 1 aromatic heterocycles. The van der Waals surface area contributed by atoms with E-state index in [4.69, 9.17) is 4.74 Å². The van der Waals surface area contributed by atoms with E-state index in [0.29, 0.717) is 32.2 Å². The van der Waals surface area contributed by atoms with Gasteiger partial charge in [-0.25, -0.2) is 0 Å². The normalized spacial score (nSPS) is 12.8. The molecule has 1 aliphatic heterocycles. The Bertz CT molecular complexity index is 816. The van der Waals surface area contributed by atoms with Crippen molar-refractivity contribution in [2.75, 3.05) is 24.6 Å². The van der Waals surface area contributed by atoms with Gasteiger partial charge in [-0.15, -0.1) is 10.2 Å². The summed E-state index contributed by atoms with van der Waals surface area (Å²) in [4.78, 5) is 26.5. The Morgan fingerprint density at radius 2 is 1.96 bits per heavy atom. The predicted octanol–water partition coefficient (Wildman–Crippen LogP) is 1.33. The molecule has 2 heterocycles. The zero-order chi connectivity index (χ0) is 17.8. The second-order valence-corrected chi connectivity index (χ2v) is 5.64. The van der Waals surface area contributed by atoms with E-state index in [1.54, 1.807) is 0 Å². The summed E-state index contributed by atoms with van der Waals surface area (Å²) < 4.78 is 6.93. The second-order valence-electron chi connectivity index (χ2n) is 5.64. The van der Waals surface area contributed by atoms with Crippen LogP contribution in [0.3, 0.4) is 0 Å². The third kappa shape index (κ3) is 3.33. The van der Waals surface area contributed by atoms with Crippen molar-refractivity contribution in [2.24, 2.45) is 0 Å². The van der Waals surface area contributed by atoms with Crippen molar-refractivity contribution in [3.05, 3.63) is 40.3 Å². The Morgan fingerprint density at radius 1 is 1.20 bits per heavy atom. The highest BCUT2D eigenvalue weighted by atomic mass is 16.5. The van der Waals surface area contributed by atoms with Gasteiger partial charge in [-0.1, -0.05) is 6.92 Å². The van der Waals surface area contributed by atoms with Gasteiger partial charge in [0.15, 0.2) is 0 Å². The molecule has 8 heteroatoms. The van der Waals surface area contributed by atoms with Crippen LogP contribution in [0.25, 0.3) is 0 Å².